The van der Waals surface area contributed by atoms with Crippen molar-refractivity contribution in [3.05, 3.63) is 98.7 Å². The summed E-state index contributed by atoms with van der Waals surface area (Å²) in [5.41, 5.74) is 8.97. The average Bonchev–Trinajstić information content (AvgIpc) is 3.34. The Morgan fingerprint density at radius 3 is 2.44 bits per heavy atom. The monoisotopic (exact) mass is 553 g/mol. The highest BCUT2D eigenvalue weighted by atomic mass is 16.3. The van der Waals surface area contributed by atoms with Crippen LogP contribution >= 0.6 is 0 Å². The number of aromatic nitrogens is 2. The molecule has 0 radical (unpaired) electrons. The van der Waals surface area contributed by atoms with E-state index in [1.165, 1.54) is 0 Å². The minimum absolute atomic E-state index is 0.110. The van der Waals surface area contributed by atoms with Crippen LogP contribution in [0, 0.1) is 17.2 Å². The highest BCUT2D eigenvalue weighted by Crippen LogP contribution is 2.35. The van der Waals surface area contributed by atoms with Gasteiger partial charge in [0.1, 0.15) is 17.0 Å². The lowest BCUT2D eigenvalue weighted by atomic mass is 9.91. The van der Waals surface area contributed by atoms with Gasteiger partial charge in [0.2, 0.25) is 0 Å². The van der Waals surface area contributed by atoms with E-state index in [9.17, 15) is 14.9 Å². The van der Waals surface area contributed by atoms with Crippen molar-refractivity contribution in [2.24, 2.45) is 18.7 Å². The molecule has 0 aliphatic carbocycles. The fourth-order valence-electron chi connectivity index (χ4n) is 5.14. The molecule has 0 fully saturated rings. The lowest BCUT2D eigenvalue weighted by Gasteiger charge is -2.35. The fourth-order valence-corrected chi connectivity index (χ4v) is 5.14. The van der Waals surface area contributed by atoms with E-state index in [0.29, 0.717) is 59.5 Å². The summed E-state index contributed by atoms with van der Waals surface area (Å²) in [6, 6.07) is 18.0. The minimum Gasteiger partial charge on any atom is -0.458 e. The molecule has 2 aromatic carbocycles. The highest BCUT2D eigenvalue weighted by molar-refractivity contribution is 5.93. The SMILES string of the molecule is CC(C)C(c1oc2cc(C#N)ccc2c(=O)c1Cc1ccccc1)N(CCCN)C(=O)c1cc(C(C)(C)C)nn1C. The molecule has 41 heavy (non-hydrogen) atoms. The van der Waals surface area contributed by atoms with Crippen molar-refractivity contribution in [2.45, 2.75) is 58.9 Å². The zero-order chi connectivity index (χ0) is 29.9. The first-order chi connectivity index (χ1) is 19.5. The molecule has 0 spiro atoms. The van der Waals surface area contributed by atoms with Crippen LogP contribution in [-0.4, -0.2) is 33.7 Å². The molecule has 0 aliphatic heterocycles. The van der Waals surface area contributed by atoms with Crippen molar-refractivity contribution in [1.82, 2.24) is 14.7 Å². The molecule has 2 N–H and O–H groups in total. The zero-order valence-electron chi connectivity index (χ0n) is 24.8. The summed E-state index contributed by atoms with van der Waals surface area (Å²) in [5, 5.41) is 14.5. The number of fused-ring (bicyclic) bond motifs is 1. The largest absolute Gasteiger partial charge is 0.458 e. The van der Waals surface area contributed by atoms with Gasteiger partial charge in [0.15, 0.2) is 5.43 Å². The Labute approximate surface area is 241 Å². The number of nitrogens with two attached hydrogens (primary N) is 1. The molecule has 1 atom stereocenters. The number of carbonyl (C=O) groups is 1. The van der Waals surface area contributed by atoms with Gasteiger partial charge in [-0.25, -0.2) is 0 Å². The van der Waals surface area contributed by atoms with E-state index in [-0.39, 0.29) is 22.7 Å². The Kier molecular flexibility index (Phi) is 8.79. The van der Waals surface area contributed by atoms with Crippen LogP contribution < -0.4 is 11.2 Å². The van der Waals surface area contributed by atoms with E-state index in [0.717, 1.165) is 11.3 Å². The first-order valence-electron chi connectivity index (χ1n) is 14.1. The second kappa shape index (κ2) is 12.1. The van der Waals surface area contributed by atoms with Crippen molar-refractivity contribution in [3.63, 3.8) is 0 Å². The van der Waals surface area contributed by atoms with Gasteiger partial charge in [0.05, 0.1) is 28.8 Å². The van der Waals surface area contributed by atoms with Gasteiger partial charge in [0.25, 0.3) is 5.91 Å². The molecular formula is C33H39N5O3. The predicted octanol–water partition coefficient (Wildman–Crippen LogP) is 5.47. The van der Waals surface area contributed by atoms with E-state index in [1.54, 1.807) is 34.8 Å². The topological polar surface area (TPSA) is 118 Å². The van der Waals surface area contributed by atoms with E-state index in [4.69, 9.17) is 10.2 Å². The Morgan fingerprint density at radius 1 is 1.15 bits per heavy atom. The molecule has 2 heterocycles. The minimum atomic E-state index is -0.566. The van der Waals surface area contributed by atoms with Gasteiger partial charge in [-0.1, -0.05) is 65.0 Å². The van der Waals surface area contributed by atoms with Crippen molar-refractivity contribution >= 4 is 16.9 Å². The molecule has 2 aromatic heterocycles. The van der Waals surface area contributed by atoms with Gasteiger partial charge in [-0.2, -0.15) is 10.4 Å². The van der Waals surface area contributed by atoms with Crippen LogP contribution in [0.3, 0.4) is 0 Å². The molecule has 0 aliphatic rings. The highest BCUT2D eigenvalue weighted by Gasteiger charge is 2.35. The average molecular weight is 554 g/mol. The number of benzene rings is 2. The van der Waals surface area contributed by atoms with E-state index >= 15 is 0 Å². The van der Waals surface area contributed by atoms with Gasteiger partial charge < -0.3 is 15.1 Å². The zero-order valence-corrected chi connectivity index (χ0v) is 24.8. The molecule has 0 saturated carbocycles. The Bertz CT molecular complexity index is 1640. The van der Waals surface area contributed by atoms with Crippen LogP contribution in [0.25, 0.3) is 11.0 Å². The van der Waals surface area contributed by atoms with Gasteiger partial charge in [-0.3, -0.25) is 14.3 Å². The molecule has 0 bridgehead atoms. The standard InChI is InChI=1S/C33H39N5O3/c1-21(2)29(38(16-10-15-34)32(40)26-19-28(33(3,4)5)36-37(26)6)31-25(17-22-11-8-7-9-12-22)30(39)24-14-13-23(20-35)18-27(24)41-31/h7-9,11-14,18-19,21,29H,10,15-17,34H2,1-6H3. The van der Waals surface area contributed by atoms with E-state index in [1.807, 2.05) is 50.2 Å². The molecule has 4 rings (SSSR count). The molecule has 8 nitrogen and oxygen atoms in total. The van der Waals surface area contributed by atoms with Gasteiger partial charge in [-0.15, -0.1) is 0 Å². The van der Waals surface area contributed by atoms with Gasteiger partial charge in [0, 0.05) is 31.0 Å². The predicted molar refractivity (Wildman–Crippen MR) is 161 cm³/mol. The number of amides is 1. The third-order valence-electron chi connectivity index (χ3n) is 7.34. The number of rotatable bonds is 9. The van der Waals surface area contributed by atoms with Crippen molar-refractivity contribution < 1.29 is 9.21 Å². The van der Waals surface area contributed by atoms with Crippen LogP contribution in [0.5, 0.6) is 0 Å². The molecule has 8 heteroatoms. The van der Waals surface area contributed by atoms with Crippen molar-refractivity contribution in [1.29, 1.82) is 5.26 Å². The molecule has 1 amide bonds. The molecule has 0 saturated heterocycles. The smallest absolute Gasteiger partial charge is 0.272 e. The maximum absolute atomic E-state index is 14.3. The van der Waals surface area contributed by atoms with Crippen molar-refractivity contribution in [2.75, 3.05) is 13.1 Å². The third kappa shape index (κ3) is 6.26. The van der Waals surface area contributed by atoms with Crippen LogP contribution in [0.1, 0.15) is 85.7 Å². The summed E-state index contributed by atoms with van der Waals surface area (Å²) in [5.74, 6) is 0.114. The first kappa shape index (κ1) is 29.8. The first-order valence-corrected chi connectivity index (χ1v) is 14.1. The summed E-state index contributed by atoms with van der Waals surface area (Å²) in [6.07, 6.45) is 0.916. The second-order valence-corrected chi connectivity index (χ2v) is 11.9. The molecule has 214 valence electrons. The Morgan fingerprint density at radius 2 is 1.85 bits per heavy atom. The Hall–Kier alpha value is -4.22. The molecule has 1 unspecified atom stereocenters. The second-order valence-electron chi connectivity index (χ2n) is 11.9. The number of hydrogen-bond acceptors (Lipinski definition) is 6. The Balaban J connectivity index is 1.95. The number of carbonyl (C=O) groups excluding carboxylic acids is 1. The fraction of sp³-hybridized carbons (Fsp3) is 0.394. The van der Waals surface area contributed by atoms with E-state index in [2.05, 4.69) is 31.9 Å². The van der Waals surface area contributed by atoms with E-state index < -0.39 is 6.04 Å². The maximum Gasteiger partial charge on any atom is 0.272 e. The summed E-state index contributed by atoms with van der Waals surface area (Å²) in [6.45, 7) is 11.0. The van der Waals surface area contributed by atoms with Crippen LogP contribution in [0.2, 0.25) is 0 Å². The van der Waals surface area contributed by atoms with Crippen LogP contribution in [0.15, 0.2) is 63.8 Å². The quantitative estimate of drug-likeness (QED) is 0.293. The van der Waals surface area contributed by atoms with Crippen LogP contribution in [-0.2, 0) is 18.9 Å². The maximum atomic E-state index is 14.3. The number of nitriles is 1. The van der Waals surface area contributed by atoms with Gasteiger partial charge in [-0.05, 0) is 48.7 Å². The van der Waals surface area contributed by atoms with Crippen molar-refractivity contribution in [3.8, 4) is 6.07 Å². The third-order valence-corrected chi connectivity index (χ3v) is 7.34. The summed E-state index contributed by atoms with van der Waals surface area (Å²) in [7, 11) is 1.77. The molecular weight excluding hydrogens is 514 g/mol. The van der Waals surface area contributed by atoms with Gasteiger partial charge >= 0.3 is 0 Å². The number of hydrogen-bond donors (Lipinski definition) is 1. The lowest BCUT2D eigenvalue weighted by Crippen LogP contribution is -2.40. The lowest BCUT2D eigenvalue weighted by molar-refractivity contribution is 0.0576. The summed E-state index contributed by atoms with van der Waals surface area (Å²) >= 11 is 0. The molecule has 4 aromatic rings. The normalized spacial score (nSPS) is 12.5. The number of aryl methyl sites for hydroxylation is 1. The van der Waals surface area contributed by atoms with Crippen LogP contribution in [0.4, 0.5) is 0 Å². The summed E-state index contributed by atoms with van der Waals surface area (Å²) < 4.78 is 8.17. The number of nitrogens with zero attached hydrogens (tertiary/aromatic N) is 4. The summed E-state index contributed by atoms with van der Waals surface area (Å²) in [4.78, 5) is 30.1.